The van der Waals surface area contributed by atoms with Crippen molar-refractivity contribution in [2.24, 2.45) is 5.92 Å². The molecule has 2 rings (SSSR count). The molecule has 0 aromatic carbocycles. The molecular formula is C19H23NO5S2. The molecule has 1 N–H and O–H groups in total. The van der Waals surface area contributed by atoms with Gasteiger partial charge in [-0.05, 0) is 52.6 Å². The monoisotopic (exact) mass is 409 g/mol. The van der Waals surface area contributed by atoms with E-state index in [9.17, 15) is 14.4 Å². The molecule has 0 aliphatic rings. The van der Waals surface area contributed by atoms with Crippen LogP contribution in [0.25, 0.3) is 0 Å². The van der Waals surface area contributed by atoms with Crippen LogP contribution in [0, 0.1) is 5.92 Å². The Labute approximate surface area is 166 Å². The van der Waals surface area contributed by atoms with Crippen LogP contribution in [-0.4, -0.2) is 31.1 Å². The summed E-state index contributed by atoms with van der Waals surface area (Å²) in [6, 6.07) is 1.83. The van der Waals surface area contributed by atoms with Gasteiger partial charge in [0, 0.05) is 0 Å². The number of amides is 1. The largest absolute Gasteiger partial charge is 0.462 e. The van der Waals surface area contributed by atoms with Gasteiger partial charge in [-0.1, -0.05) is 13.8 Å². The fourth-order valence-corrected chi connectivity index (χ4v) is 4.07. The molecule has 2 heterocycles. The first-order chi connectivity index (χ1) is 12.9. The maximum atomic E-state index is 12.3. The number of esters is 2. The van der Waals surface area contributed by atoms with Crippen LogP contribution in [0.15, 0.2) is 22.2 Å². The molecule has 1 amide bonds. The molecule has 0 saturated carbocycles. The summed E-state index contributed by atoms with van der Waals surface area (Å²) in [6.45, 7) is 5.69. The number of carbonyl (C=O) groups is 3. The van der Waals surface area contributed by atoms with Gasteiger partial charge in [-0.25, -0.2) is 4.79 Å². The minimum atomic E-state index is -0.489. The molecule has 0 aliphatic heterocycles. The lowest BCUT2D eigenvalue weighted by Crippen LogP contribution is -2.22. The second kappa shape index (κ2) is 10.2. The average molecular weight is 410 g/mol. The Bertz CT molecular complexity index is 780. The predicted octanol–water partition coefficient (Wildman–Crippen LogP) is 3.91. The van der Waals surface area contributed by atoms with E-state index < -0.39 is 24.5 Å². The highest BCUT2D eigenvalue weighted by molar-refractivity contribution is 7.15. The molecule has 8 heteroatoms. The molecule has 6 nitrogen and oxygen atoms in total. The Morgan fingerprint density at radius 3 is 2.59 bits per heavy atom. The van der Waals surface area contributed by atoms with Gasteiger partial charge in [0.05, 0.1) is 18.6 Å². The lowest BCUT2D eigenvalue weighted by molar-refractivity contribution is -0.146. The summed E-state index contributed by atoms with van der Waals surface area (Å²) in [5.41, 5.74) is 2.08. The average Bonchev–Trinajstić information content (AvgIpc) is 3.23. The summed E-state index contributed by atoms with van der Waals surface area (Å²) in [6.07, 6.45) is 0.832. The first-order valence-electron chi connectivity index (χ1n) is 8.64. The fraction of sp³-hybridized carbons (Fsp3) is 0.421. The van der Waals surface area contributed by atoms with E-state index in [4.69, 9.17) is 9.47 Å². The number of nitrogens with one attached hydrogen (secondary N) is 1. The molecule has 2 aromatic rings. The minimum Gasteiger partial charge on any atom is -0.462 e. The summed E-state index contributed by atoms with van der Waals surface area (Å²) in [5.74, 6) is -1.06. The van der Waals surface area contributed by atoms with Crippen molar-refractivity contribution < 1.29 is 23.9 Å². The molecule has 2 aromatic heterocycles. The molecule has 0 spiro atoms. The van der Waals surface area contributed by atoms with Crippen molar-refractivity contribution in [3.63, 3.8) is 0 Å². The van der Waals surface area contributed by atoms with E-state index >= 15 is 0 Å². The maximum Gasteiger partial charge on any atom is 0.341 e. The first-order valence-corrected chi connectivity index (χ1v) is 10.5. The van der Waals surface area contributed by atoms with E-state index in [1.807, 2.05) is 22.2 Å². The molecule has 146 valence electrons. The SMILES string of the molecule is CCOC(=O)c1c(CC(C)C)csc1NC(=O)COC(=O)Cc1ccsc1. The van der Waals surface area contributed by atoms with Crippen LogP contribution in [0.2, 0.25) is 0 Å². The fourth-order valence-electron chi connectivity index (χ4n) is 2.42. The van der Waals surface area contributed by atoms with Gasteiger partial charge in [-0.15, -0.1) is 11.3 Å². The number of ether oxygens (including phenoxy) is 2. The highest BCUT2D eigenvalue weighted by Gasteiger charge is 2.22. The number of rotatable bonds is 9. The van der Waals surface area contributed by atoms with Crippen LogP contribution in [0.1, 0.15) is 42.3 Å². The predicted molar refractivity (Wildman–Crippen MR) is 106 cm³/mol. The third kappa shape index (κ3) is 6.48. The molecule has 27 heavy (non-hydrogen) atoms. The number of hydrogen-bond acceptors (Lipinski definition) is 7. The molecule has 0 atom stereocenters. The topological polar surface area (TPSA) is 81.7 Å². The quantitative estimate of drug-likeness (QED) is 0.635. The summed E-state index contributed by atoms with van der Waals surface area (Å²) in [4.78, 5) is 36.2. The molecule has 0 radical (unpaired) electrons. The van der Waals surface area contributed by atoms with Gasteiger partial charge in [0.1, 0.15) is 5.00 Å². The van der Waals surface area contributed by atoms with Crippen molar-refractivity contribution >= 4 is 45.5 Å². The number of carbonyl (C=O) groups excluding carboxylic acids is 3. The molecule has 0 unspecified atom stereocenters. The van der Waals surface area contributed by atoms with Crippen molar-refractivity contribution in [2.75, 3.05) is 18.5 Å². The van der Waals surface area contributed by atoms with Crippen molar-refractivity contribution in [3.8, 4) is 0 Å². The summed E-state index contributed by atoms with van der Waals surface area (Å²) < 4.78 is 10.1. The van der Waals surface area contributed by atoms with Gasteiger partial charge in [0.15, 0.2) is 6.61 Å². The van der Waals surface area contributed by atoms with E-state index in [-0.39, 0.29) is 13.0 Å². The number of anilines is 1. The van der Waals surface area contributed by atoms with Crippen LogP contribution in [0.5, 0.6) is 0 Å². The van der Waals surface area contributed by atoms with Gasteiger partial charge in [-0.2, -0.15) is 11.3 Å². The smallest absolute Gasteiger partial charge is 0.341 e. The lowest BCUT2D eigenvalue weighted by atomic mass is 10.0. The number of thiophene rings is 2. The Morgan fingerprint density at radius 1 is 1.19 bits per heavy atom. The second-order valence-corrected chi connectivity index (χ2v) is 7.96. The normalized spacial score (nSPS) is 10.7. The van der Waals surface area contributed by atoms with Crippen LogP contribution in [0.3, 0.4) is 0 Å². The first kappa shape index (κ1) is 21.1. The Balaban J connectivity index is 1.98. The number of hydrogen-bond donors (Lipinski definition) is 1. The lowest BCUT2D eigenvalue weighted by Gasteiger charge is -2.10. The van der Waals surface area contributed by atoms with Gasteiger partial charge < -0.3 is 14.8 Å². The summed E-state index contributed by atoms with van der Waals surface area (Å²) in [7, 11) is 0. The van der Waals surface area contributed by atoms with E-state index in [0.29, 0.717) is 22.9 Å². The van der Waals surface area contributed by atoms with Gasteiger partial charge in [0.25, 0.3) is 5.91 Å². The van der Waals surface area contributed by atoms with Crippen molar-refractivity contribution in [1.29, 1.82) is 0 Å². The zero-order chi connectivity index (χ0) is 19.8. The summed E-state index contributed by atoms with van der Waals surface area (Å²) >= 11 is 2.76. The zero-order valence-corrected chi connectivity index (χ0v) is 17.2. The molecular weight excluding hydrogens is 386 g/mol. The third-order valence-electron chi connectivity index (χ3n) is 3.52. The second-order valence-electron chi connectivity index (χ2n) is 6.30. The summed E-state index contributed by atoms with van der Waals surface area (Å²) in [5, 5.41) is 8.66. The minimum absolute atomic E-state index is 0.127. The van der Waals surface area contributed by atoms with E-state index in [2.05, 4.69) is 19.2 Å². The molecule has 0 fully saturated rings. The van der Waals surface area contributed by atoms with Gasteiger partial charge in [-0.3, -0.25) is 9.59 Å². The van der Waals surface area contributed by atoms with Crippen molar-refractivity contribution in [3.05, 3.63) is 38.9 Å². The Morgan fingerprint density at radius 2 is 1.96 bits per heavy atom. The highest BCUT2D eigenvalue weighted by Crippen LogP contribution is 2.30. The van der Waals surface area contributed by atoms with Crippen LogP contribution in [-0.2, 0) is 31.9 Å². The van der Waals surface area contributed by atoms with Crippen molar-refractivity contribution in [2.45, 2.75) is 33.6 Å². The van der Waals surface area contributed by atoms with Gasteiger partial charge >= 0.3 is 11.9 Å². The van der Waals surface area contributed by atoms with E-state index in [0.717, 1.165) is 11.1 Å². The van der Waals surface area contributed by atoms with Crippen LogP contribution in [0.4, 0.5) is 5.00 Å². The Kier molecular flexibility index (Phi) is 7.99. The highest BCUT2D eigenvalue weighted by atomic mass is 32.1. The standard InChI is InChI=1S/C19H23NO5S2/c1-4-24-19(23)17-14(7-12(2)3)11-27-18(17)20-15(21)9-25-16(22)8-13-5-6-26-10-13/h5-6,10-12H,4,7-9H2,1-3H3,(H,20,21). The third-order valence-corrected chi connectivity index (χ3v) is 5.20. The zero-order valence-electron chi connectivity index (χ0n) is 15.6. The van der Waals surface area contributed by atoms with Crippen molar-refractivity contribution in [1.82, 2.24) is 0 Å². The van der Waals surface area contributed by atoms with Gasteiger partial charge in [0.2, 0.25) is 0 Å². The molecule has 0 bridgehead atoms. The van der Waals surface area contributed by atoms with E-state index in [1.54, 1.807) is 6.92 Å². The van der Waals surface area contributed by atoms with E-state index in [1.165, 1.54) is 22.7 Å². The van der Waals surface area contributed by atoms with Crippen LogP contribution < -0.4 is 5.32 Å². The maximum absolute atomic E-state index is 12.3. The molecule has 0 saturated heterocycles. The molecule has 0 aliphatic carbocycles. The Hall–Kier alpha value is -2.19. The van der Waals surface area contributed by atoms with Crippen LogP contribution >= 0.6 is 22.7 Å².